The Labute approximate surface area is 166 Å². The molecule has 0 N–H and O–H groups in total. The van der Waals surface area contributed by atoms with Gasteiger partial charge in [0.1, 0.15) is 17.3 Å². The van der Waals surface area contributed by atoms with Gasteiger partial charge in [0.2, 0.25) is 5.95 Å². The molecule has 2 aliphatic rings. The number of anilines is 2. The standard InChI is InChI=1S/C21H29N5O2/c1-15-13-19(23-21(22-15)26-7-5-4-6-8-26)24-9-11-25(12-10-24)20(27)18-14-16(2)28-17(18)3/h13-14H,4-12H2,1-3H3. The Morgan fingerprint density at radius 1 is 0.893 bits per heavy atom. The first-order valence-electron chi connectivity index (χ1n) is 10.2. The van der Waals surface area contributed by atoms with E-state index in [1.54, 1.807) is 0 Å². The highest BCUT2D eigenvalue weighted by atomic mass is 16.3. The van der Waals surface area contributed by atoms with Crippen LogP contribution in [-0.2, 0) is 0 Å². The second-order valence-corrected chi connectivity index (χ2v) is 7.82. The maximum atomic E-state index is 12.8. The van der Waals surface area contributed by atoms with Crippen LogP contribution in [0.1, 0.15) is 46.8 Å². The minimum absolute atomic E-state index is 0.0573. The molecule has 2 aromatic rings. The van der Waals surface area contributed by atoms with Gasteiger partial charge in [0.25, 0.3) is 5.91 Å². The zero-order valence-corrected chi connectivity index (χ0v) is 17.1. The van der Waals surface area contributed by atoms with E-state index in [-0.39, 0.29) is 5.91 Å². The highest BCUT2D eigenvalue weighted by molar-refractivity contribution is 5.95. The molecule has 28 heavy (non-hydrogen) atoms. The first-order valence-corrected chi connectivity index (χ1v) is 10.2. The summed E-state index contributed by atoms with van der Waals surface area (Å²) in [5, 5.41) is 0. The molecule has 2 aliphatic heterocycles. The lowest BCUT2D eigenvalue weighted by molar-refractivity contribution is 0.0744. The van der Waals surface area contributed by atoms with E-state index < -0.39 is 0 Å². The summed E-state index contributed by atoms with van der Waals surface area (Å²) in [6.07, 6.45) is 3.71. The number of furan rings is 1. The molecule has 0 saturated carbocycles. The highest BCUT2D eigenvalue weighted by Crippen LogP contribution is 2.23. The van der Waals surface area contributed by atoms with Crippen molar-refractivity contribution in [3.8, 4) is 0 Å². The van der Waals surface area contributed by atoms with Gasteiger partial charge < -0.3 is 19.1 Å². The smallest absolute Gasteiger partial charge is 0.257 e. The second kappa shape index (κ2) is 7.81. The molecule has 150 valence electrons. The van der Waals surface area contributed by atoms with Crippen molar-refractivity contribution < 1.29 is 9.21 Å². The van der Waals surface area contributed by atoms with E-state index in [4.69, 9.17) is 9.40 Å². The van der Waals surface area contributed by atoms with Gasteiger partial charge in [-0.3, -0.25) is 4.79 Å². The lowest BCUT2D eigenvalue weighted by Crippen LogP contribution is -2.49. The zero-order valence-electron chi connectivity index (χ0n) is 17.1. The fraction of sp³-hybridized carbons (Fsp3) is 0.571. The normalized spacial score (nSPS) is 17.9. The van der Waals surface area contributed by atoms with Crippen molar-refractivity contribution in [3.05, 3.63) is 34.9 Å². The minimum Gasteiger partial charge on any atom is -0.466 e. The van der Waals surface area contributed by atoms with Gasteiger partial charge in [-0.2, -0.15) is 4.98 Å². The number of carbonyl (C=O) groups excluding carboxylic acids is 1. The Bertz CT molecular complexity index is 848. The van der Waals surface area contributed by atoms with Crippen molar-refractivity contribution in [1.29, 1.82) is 0 Å². The molecular formula is C21H29N5O2. The number of nitrogens with zero attached hydrogens (tertiary/aromatic N) is 5. The van der Waals surface area contributed by atoms with E-state index >= 15 is 0 Å². The van der Waals surface area contributed by atoms with E-state index in [2.05, 4.69) is 20.9 Å². The molecule has 0 atom stereocenters. The van der Waals surface area contributed by atoms with Gasteiger partial charge in [-0.15, -0.1) is 0 Å². The second-order valence-electron chi connectivity index (χ2n) is 7.82. The minimum atomic E-state index is 0.0573. The van der Waals surface area contributed by atoms with Crippen LogP contribution in [0.25, 0.3) is 0 Å². The molecular weight excluding hydrogens is 354 g/mol. The van der Waals surface area contributed by atoms with Crippen LogP contribution in [0.3, 0.4) is 0 Å². The van der Waals surface area contributed by atoms with Crippen molar-refractivity contribution in [2.75, 3.05) is 49.1 Å². The fourth-order valence-corrected chi connectivity index (χ4v) is 4.09. The van der Waals surface area contributed by atoms with Gasteiger partial charge in [0.05, 0.1) is 5.56 Å². The van der Waals surface area contributed by atoms with E-state index in [0.29, 0.717) is 24.4 Å². The van der Waals surface area contributed by atoms with Crippen LogP contribution in [0.5, 0.6) is 0 Å². The average Bonchev–Trinajstić information content (AvgIpc) is 3.06. The largest absolute Gasteiger partial charge is 0.466 e. The van der Waals surface area contributed by atoms with Crippen LogP contribution < -0.4 is 9.80 Å². The molecule has 0 spiro atoms. The van der Waals surface area contributed by atoms with Crippen molar-refractivity contribution in [3.63, 3.8) is 0 Å². The number of piperidine rings is 1. The Morgan fingerprint density at radius 3 is 2.25 bits per heavy atom. The predicted molar refractivity (Wildman–Crippen MR) is 109 cm³/mol. The lowest BCUT2D eigenvalue weighted by Gasteiger charge is -2.36. The monoisotopic (exact) mass is 383 g/mol. The van der Waals surface area contributed by atoms with Crippen LogP contribution in [0, 0.1) is 20.8 Å². The number of piperazine rings is 1. The van der Waals surface area contributed by atoms with Crippen LogP contribution in [0.15, 0.2) is 16.5 Å². The topological polar surface area (TPSA) is 65.7 Å². The molecule has 0 aliphatic carbocycles. The number of rotatable bonds is 3. The number of hydrogen-bond acceptors (Lipinski definition) is 6. The van der Waals surface area contributed by atoms with Crippen molar-refractivity contribution in [2.45, 2.75) is 40.0 Å². The lowest BCUT2D eigenvalue weighted by atomic mass is 10.1. The molecule has 2 saturated heterocycles. The quantitative estimate of drug-likeness (QED) is 0.812. The average molecular weight is 383 g/mol. The maximum Gasteiger partial charge on any atom is 0.257 e. The van der Waals surface area contributed by atoms with Crippen molar-refractivity contribution in [2.24, 2.45) is 0 Å². The molecule has 7 heteroatoms. The molecule has 2 fully saturated rings. The molecule has 4 heterocycles. The van der Waals surface area contributed by atoms with Gasteiger partial charge in [-0.1, -0.05) is 0 Å². The number of carbonyl (C=O) groups is 1. The Balaban J connectivity index is 1.44. The van der Waals surface area contributed by atoms with E-state index in [1.165, 1.54) is 19.3 Å². The van der Waals surface area contributed by atoms with Crippen LogP contribution in [-0.4, -0.2) is 60.0 Å². The summed E-state index contributed by atoms with van der Waals surface area (Å²) in [4.78, 5) is 28.8. The summed E-state index contributed by atoms with van der Waals surface area (Å²) >= 11 is 0. The molecule has 0 radical (unpaired) electrons. The third kappa shape index (κ3) is 3.84. The summed E-state index contributed by atoms with van der Waals surface area (Å²) in [6, 6.07) is 3.89. The zero-order chi connectivity index (χ0) is 19.7. The first kappa shape index (κ1) is 18.8. The van der Waals surface area contributed by atoms with Crippen molar-refractivity contribution >= 4 is 17.7 Å². The molecule has 0 unspecified atom stereocenters. The summed E-state index contributed by atoms with van der Waals surface area (Å²) in [5.41, 5.74) is 1.67. The van der Waals surface area contributed by atoms with Gasteiger partial charge in [-0.05, 0) is 46.1 Å². The number of aryl methyl sites for hydroxylation is 3. The third-order valence-electron chi connectivity index (χ3n) is 5.63. The van der Waals surface area contributed by atoms with Gasteiger partial charge in [0.15, 0.2) is 0 Å². The van der Waals surface area contributed by atoms with Crippen LogP contribution >= 0.6 is 0 Å². The number of hydrogen-bond donors (Lipinski definition) is 0. The van der Waals surface area contributed by atoms with E-state index in [9.17, 15) is 4.79 Å². The molecule has 7 nitrogen and oxygen atoms in total. The molecule has 0 bridgehead atoms. The number of aromatic nitrogens is 2. The Kier molecular flexibility index (Phi) is 5.24. The SMILES string of the molecule is Cc1cc(N2CCN(C(=O)c3cc(C)oc3C)CC2)nc(N2CCCCC2)n1. The molecule has 0 aromatic carbocycles. The summed E-state index contributed by atoms with van der Waals surface area (Å²) in [7, 11) is 0. The van der Waals surface area contributed by atoms with Gasteiger partial charge in [-0.25, -0.2) is 4.98 Å². The molecule has 1 amide bonds. The summed E-state index contributed by atoms with van der Waals surface area (Å²) < 4.78 is 5.52. The first-order chi connectivity index (χ1) is 13.5. The van der Waals surface area contributed by atoms with Gasteiger partial charge in [0, 0.05) is 51.0 Å². The van der Waals surface area contributed by atoms with Crippen LogP contribution in [0.2, 0.25) is 0 Å². The predicted octanol–water partition coefficient (Wildman–Crippen LogP) is 2.95. The highest BCUT2D eigenvalue weighted by Gasteiger charge is 2.26. The van der Waals surface area contributed by atoms with Crippen LogP contribution in [0.4, 0.5) is 11.8 Å². The maximum absolute atomic E-state index is 12.8. The summed E-state index contributed by atoms with van der Waals surface area (Å²) in [6.45, 7) is 10.7. The third-order valence-corrected chi connectivity index (χ3v) is 5.63. The van der Waals surface area contributed by atoms with Crippen molar-refractivity contribution in [1.82, 2.24) is 14.9 Å². The summed E-state index contributed by atoms with van der Waals surface area (Å²) in [5.74, 6) is 3.35. The number of amides is 1. The van der Waals surface area contributed by atoms with E-state index in [0.717, 1.165) is 49.4 Å². The van der Waals surface area contributed by atoms with Gasteiger partial charge >= 0.3 is 0 Å². The molecule has 4 rings (SSSR count). The Hall–Kier alpha value is -2.57. The van der Waals surface area contributed by atoms with E-state index in [1.807, 2.05) is 31.7 Å². The molecule has 2 aromatic heterocycles. The fourth-order valence-electron chi connectivity index (χ4n) is 4.09. The Morgan fingerprint density at radius 2 is 1.61 bits per heavy atom.